The largest absolute Gasteiger partial charge is 0.669 e. The van der Waals surface area contributed by atoms with Gasteiger partial charge in [0, 0.05) is 124 Å². The van der Waals surface area contributed by atoms with Crippen molar-refractivity contribution in [3.8, 4) is 0 Å². The van der Waals surface area contributed by atoms with Crippen molar-refractivity contribution < 1.29 is 152 Å². The Morgan fingerprint density at radius 2 is 0.732 bits per heavy atom. The summed E-state index contributed by atoms with van der Waals surface area (Å²) in [5.74, 6) is 0. The molecule has 0 aromatic carbocycles. The lowest BCUT2D eigenvalue weighted by molar-refractivity contribution is -0.231. The van der Waals surface area contributed by atoms with E-state index in [1.54, 1.807) is 55.5 Å². The van der Waals surface area contributed by atoms with Crippen molar-refractivity contribution in [2.75, 3.05) is 139 Å². The van der Waals surface area contributed by atoms with Gasteiger partial charge in [0.2, 0.25) is 0 Å². The van der Waals surface area contributed by atoms with E-state index in [1.807, 2.05) is 97.7 Å². The first-order valence-corrected chi connectivity index (χ1v) is 95.9. The fraction of sp³-hybridized carbons (Fsp3) is 0.940. The van der Waals surface area contributed by atoms with Gasteiger partial charge in [-0.25, -0.2) is 0 Å². The molecule has 3 heterocycles. The second-order valence-electron chi connectivity index (χ2n) is 36.5. The van der Waals surface area contributed by atoms with E-state index in [4.69, 9.17) is 152 Å². The highest BCUT2D eigenvalue weighted by molar-refractivity contribution is 6.93. The molecule has 0 aromatic heterocycles. The smallest absolute Gasteiger partial charge is 0.440 e. The number of epoxide rings is 2. The Morgan fingerprint density at radius 3 is 1.07 bits per heavy atom. The number of ether oxygens (including phenoxy) is 6. The third-order valence-electron chi connectivity index (χ3n) is 17.5. The first kappa shape index (κ1) is 126. The molecule has 8 atom stereocenters. The van der Waals surface area contributed by atoms with Crippen LogP contribution in [0.1, 0.15) is 32.6 Å². The van der Waals surface area contributed by atoms with E-state index in [-0.39, 0.29) is 18.5 Å². The minimum absolute atomic E-state index is 0.239. The number of hydrogen-bond donors (Lipinski definition) is 0. The molecule has 0 radical (unpaired) electrons. The number of hydrogen-bond acceptors (Lipinski definition) is 35. The van der Waals surface area contributed by atoms with Crippen LogP contribution >= 0.6 is 0 Å². The average molecular weight is 2130 g/mol. The maximum atomic E-state index is 6.99. The summed E-state index contributed by atoms with van der Waals surface area (Å²) >= 11 is 0. The van der Waals surface area contributed by atoms with Crippen LogP contribution in [0.15, 0.2) is 24.6 Å². The van der Waals surface area contributed by atoms with Crippen LogP contribution in [0.5, 0.6) is 0 Å². The summed E-state index contributed by atoms with van der Waals surface area (Å²) in [4.78, 5) is 0. The van der Waals surface area contributed by atoms with Crippen molar-refractivity contribution in [1.29, 1.82) is 0 Å². The molecule has 35 nitrogen and oxygen atoms in total. The predicted octanol–water partition coefficient (Wildman–Crippen LogP) is 14.0. The maximum Gasteiger partial charge on any atom is 0.669 e. The highest BCUT2D eigenvalue weighted by Crippen LogP contribution is 2.37. The third kappa shape index (κ3) is 52.1. The molecule has 56 heteroatoms. The summed E-state index contributed by atoms with van der Waals surface area (Å²) in [7, 11) is -32.4. The fourth-order valence-corrected chi connectivity index (χ4v) is 98.8. The van der Waals surface area contributed by atoms with Gasteiger partial charge in [0.05, 0.1) is 33.0 Å². The predicted molar refractivity (Wildman–Crippen MR) is 528 cm³/mol. The van der Waals surface area contributed by atoms with Gasteiger partial charge in [-0.05, 0) is 228 Å². The summed E-state index contributed by atoms with van der Waals surface area (Å²) in [6, 6.07) is 2.72. The monoisotopic (exact) mass is 2130 g/mol. The summed E-state index contributed by atoms with van der Waals surface area (Å²) in [6.45, 7) is 76.7. The van der Waals surface area contributed by atoms with E-state index < -0.39 is 188 Å². The standard InChI is InChI=1S/C22H58O10Si7.C21H46O11Si4.C13H36O7Si5.C11H34O7Si5/c1-23-39(24-2,25-3)19-18-38(14,30-35(8,9)10)32-36(11,12)31-37(13,29-33(4)28-34(5,6)7)17-15-16-26-20-22-21-27-22;1-10-21(29-20-13-15-27-20)36(24-5,25-6)32-34(9,11-2)30-33(7,8)31-35(22-3,23-4)16-12-14-26-17-19-18-28-19;1-13-21(5,6)17-22(7,8)18-23(9,10)19-24(11,12)20-25(14-2,15-3)16-4;1-12-23(13-2,14-3)18-22(10,11)17-21(8,9)16-20(6,7)15-19(4)5/h22,33H,15-21H2,1-14H3;11,19-21H,2,10,12-18H2,1,3-9H3;13H,1H2,2-12H3;19H,1-11H3. The van der Waals surface area contributed by atoms with Crippen LogP contribution < -0.4 is 0 Å². The minimum atomic E-state index is -3.33. The normalized spacial score (nSPS) is 19.1. The molecule has 3 aliphatic heterocycles. The van der Waals surface area contributed by atoms with Crippen molar-refractivity contribution in [3.05, 3.63) is 24.6 Å². The van der Waals surface area contributed by atoms with Gasteiger partial charge < -0.3 is 152 Å². The highest BCUT2D eigenvalue weighted by atomic mass is 28.5. The molecule has 3 rings (SSSR count). The highest BCUT2D eigenvalue weighted by Gasteiger charge is 2.59. The van der Waals surface area contributed by atoms with Crippen LogP contribution in [0.2, 0.25) is 221 Å². The Bertz CT molecular complexity index is 2890. The van der Waals surface area contributed by atoms with Crippen LogP contribution in [-0.4, -0.2) is 345 Å². The van der Waals surface area contributed by atoms with Crippen molar-refractivity contribution in [2.24, 2.45) is 0 Å². The lowest BCUT2D eigenvalue weighted by Gasteiger charge is -2.43. The van der Waals surface area contributed by atoms with Gasteiger partial charge in [-0.1, -0.05) is 18.3 Å². The van der Waals surface area contributed by atoms with Gasteiger partial charge in [0.25, 0.3) is 9.28 Å². The first-order valence-electron chi connectivity index (χ1n) is 42.3. The zero-order valence-electron chi connectivity index (χ0n) is 84.4. The summed E-state index contributed by atoms with van der Waals surface area (Å²) in [5, 5.41) is 0. The third-order valence-corrected chi connectivity index (χ3v) is 91.1. The van der Waals surface area contributed by atoms with Crippen molar-refractivity contribution >= 4 is 182 Å². The van der Waals surface area contributed by atoms with E-state index in [2.05, 4.69) is 124 Å². The quantitative estimate of drug-likeness (QED) is 0.0310. The molecule has 3 aliphatic rings. The topological polar surface area (TPSA) is 330 Å². The van der Waals surface area contributed by atoms with Gasteiger partial charge >= 0.3 is 139 Å². The molecule has 123 heavy (non-hydrogen) atoms. The van der Waals surface area contributed by atoms with E-state index in [1.165, 1.54) is 42.7 Å². The molecule has 0 N–H and O–H groups in total. The zero-order valence-corrected chi connectivity index (χ0v) is 106. The molecule has 736 valence electrons. The van der Waals surface area contributed by atoms with Crippen LogP contribution in [-0.2, 0) is 152 Å². The molecule has 8 unspecified atom stereocenters. The Balaban J connectivity index is 0.00000165. The molecule has 0 aromatic rings. The molecule has 3 fully saturated rings. The Morgan fingerprint density at radius 1 is 0.358 bits per heavy atom. The van der Waals surface area contributed by atoms with E-state index in [9.17, 15) is 0 Å². The Kier molecular flexibility index (Phi) is 55.9. The maximum absolute atomic E-state index is 6.99. The van der Waals surface area contributed by atoms with Crippen LogP contribution in [0, 0.1) is 0 Å². The van der Waals surface area contributed by atoms with E-state index in [0.717, 1.165) is 38.5 Å². The zero-order chi connectivity index (χ0) is 95.7. The Hall–Kier alpha value is 2.63. The fourth-order valence-electron chi connectivity index (χ4n) is 13.6. The minimum Gasteiger partial charge on any atom is -0.440 e. The lowest BCUT2D eigenvalue weighted by Crippen LogP contribution is -2.65. The van der Waals surface area contributed by atoms with Crippen LogP contribution in [0.4, 0.5) is 0 Å². The summed E-state index contributed by atoms with van der Waals surface area (Å²) in [5.41, 5.74) is 3.22. The number of rotatable bonds is 66. The van der Waals surface area contributed by atoms with Gasteiger partial charge in [-0.2, -0.15) is 0 Å². The van der Waals surface area contributed by atoms with Gasteiger partial charge in [-0.3, -0.25) is 0 Å². The lowest BCUT2D eigenvalue weighted by atomic mass is 10.3. The first-order chi connectivity index (χ1) is 56.0. The van der Waals surface area contributed by atoms with Crippen molar-refractivity contribution in [2.45, 2.75) is 277 Å². The molecule has 0 spiro atoms. The van der Waals surface area contributed by atoms with Crippen LogP contribution in [0.25, 0.3) is 0 Å². The molecule has 3 saturated heterocycles. The van der Waals surface area contributed by atoms with Gasteiger partial charge in [-0.15, -0.1) is 13.2 Å². The van der Waals surface area contributed by atoms with Crippen molar-refractivity contribution in [1.82, 2.24) is 0 Å². The molecule has 0 bridgehead atoms. The average Bonchev–Trinajstić information content (AvgIpc) is 1.19. The van der Waals surface area contributed by atoms with Gasteiger partial charge in [0.15, 0.2) is 40.3 Å². The van der Waals surface area contributed by atoms with E-state index in [0.29, 0.717) is 57.6 Å². The van der Waals surface area contributed by atoms with E-state index >= 15 is 0 Å². The summed E-state index contributed by atoms with van der Waals surface area (Å²) in [6.07, 6.45) is 3.28. The summed E-state index contributed by atoms with van der Waals surface area (Å²) < 4.78 is 210. The second-order valence-corrected chi connectivity index (χ2v) is 109. The molecular weight excluding hydrogens is 1950 g/mol. The Labute approximate surface area is 768 Å². The molecular formula is C67H174O35Si21. The molecule has 0 amide bonds. The molecule has 0 saturated carbocycles. The van der Waals surface area contributed by atoms with Gasteiger partial charge in [0.1, 0.15) is 17.9 Å². The van der Waals surface area contributed by atoms with Crippen LogP contribution in [0.3, 0.4) is 0 Å². The molecule has 0 aliphatic carbocycles. The van der Waals surface area contributed by atoms with Crippen molar-refractivity contribution in [3.63, 3.8) is 0 Å². The second kappa shape index (κ2) is 54.7. The SMILES string of the molecule is C=C[Si](C)(C)O[Si](C)(C)O[Si](C)(C)O[Si](C)(C)O[Si](OC)(OC)OC.C=C[Si](C)(O[Si](C)(C)O[Si](CCCOCC1CO1)(OC)OC)O[Si](OC)(OC)C(CC)OC1CCO1.CO[Si](CC[Si](C)(O[Si](C)(C)C)O[Si](C)(C)O[Si](C)(CCCOCC1CO1)O[SiH](C)O[Si](C)(C)C)(OC)OC.CO[Si](OC)(OC)O[Si](C)(C)O[Si](C)(C)O[Si](C)(C)O[SiH](C)C.